The summed E-state index contributed by atoms with van der Waals surface area (Å²) in [5.41, 5.74) is 1.96. The zero-order chi connectivity index (χ0) is 15.8. The molecule has 2 rings (SSSR count). The zero-order valence-corrected chi connectivity index (χ0v) is 14.0. The Morgan fingerprint density at radius 3 is 2.77 bits per heavy atom. The molecule has 2 aromatic carbocycles. The van der Waals surface area contributed by atoms with Gasteiger partial charge >= 0.3 is 0 Å². The number of hydrogen-bond donors (Lipinski definition) is 2. The molecule has 5 heteroatoms. The van der Waals surface area contributed by atoms with E-state index in [1.807, 2.05) is 48.5 Å². The number of methoxy groups -OCH3 is 1. The lowest BCUT2D eigenvalue weighted by Gasteiger charge is -2.10. The second-order valence-corrected chi connectivity index (χ2v) is 5.69. The number of amides is 1. The molecule has 0 saturated carbocycles. The largest absolute Gasteiger partial charge is 0.496 e. The van der Waals surface area contributed by atoms with Crippen LogP contribution in [0.2, 0.25) is 0 Å². The third-order valence-electron chi connectivity index (χ3n) is 3.17. The van der Waals surface area contributed by atoms with Crippen LogP contribution >= 0.6 is 15.9 Å². The van der Waals surface area contributed by atoms with Gasteiger partial charge < -0.3 is 15.4 Å². The molecule has 0 unspecified atom stereocenters. The molecule has 0 radical (unpaired) electrons. The average molecular weight is 363 g/mol. The molecule has 0 aliphatic heterocycles. The Hall–Kier alpha value is -2.01. The molecule has 2 aromatic rings. The first-order chi connectivity index (χ1) is 10.7. The minimum Gasteiger partial charge on any atom is -0.496 e. The fourth-order valence-corrected chi connectivity index (χ4v) is 2.45. The first-order valence-electron chi connectivity index (χ1n) is 7.07. The van der Waals surface area contributed by atoms with Crippen LogP contribution in [-0.4, -0.2) is 19.6 Å². The molecular weight excluding hydrogens is 344 g/mol. The van der Waals surface area contributed by atoms with Gasteiger partial charge in [-0.05, 0) is 24.3 Å². The maximum atomic E-state index is 11.9. The molecule has 0 aliphatic carbocycles. The monoisotopic (exact) mass is 362 g/mol. The van der Waals surface area contributed by atoms with Gasteiger partial charge in [0.2, 0.25) is 5.91 Å². The highest BCUT2D eigenvalue weighted by molar-refractivity contribution is 9.10. The number of para-hydroxylation sites is 1. The SMILES string of the molecule is COc1ccccc1CNC(=O)CCNc1cccc(Br)c1. The average Bonchev–Trinajstić information content (AvgIpc) is 2.53. The van der Waals surface area contributed by atoms with Crippen molar-refractivity contribution < 1.29 is 9.53 Å². The van der Waals surface area contributed by atoms with Gasteiger partial charge in [0.15, 0.2) is 0 Å². The Morgan fingerprint density at radius 2 is 2.00 bits per heavy atom. The van der Waals surface area contributed by atoms with E-state index >= 15 is 0 Å². The fraction of sp³-hybridized carbons (Fsp3) is 0.235. The van der Waals surface area contributed by atoms with E-state index in [1.54, 1.807) is 7.11 Å². The number of ether oxygens (including phenoxy) is 1. The van der Waals surface area contributed by atoms with Gasteiger partial charge in [0.05, 0.1) is 7.11 Å². The molecule has 116 valence electrons. The highest BCUT2D eigenvalue weighted by Gasteiger charge is 2.05. The van der Waals surface area contributed by atoms with Crippen molar-refractivity contribution in [1.29, 1.82) is 0 Å². The number of hydrogen-bond acceptors (Lipinski definition) is 3. The van der Waals surface area contributed by atoms with E-state index in [2.05, 4.69) is 26.6 Å². The van der Waals surface area contributed by atoms with E-state index in [4.69, 9.17) is 4.74 Å². The van der Waals surface area contributed by atoms with E-state index in [-0.39, 0.29) is 5.91 Å². The minimum absolute atomic E-state index is 0.00778. The molecule has 1 amide bonds. The Kier molecular flexibility index (Phi) is 6.27. The third-order valence-corrected chi connectivity index (χ3v) is 3.67. The van der Waals surface area contributed by atoms with Crippen LogP contribution in [0.3, 0.4) is 0 Å². The third kappa shape index (κ3) is 5.07. The van der Waals surface area contributed by atoms with Gasteiger partial charge in [-0.2, -0.15) is 0 Å². The quantitative estimate of drug-likeness (QED) is 0.791. The second-order valence-electron chi connectivity index (χ2n) is 4.78. The van der Waals surface area contributed by atoms with Crippen molar-refractivity contribution in [2.45, 2.75) is 13.0 Å². The summed E-state index contributed by atoms with van der Waals surface area (Å²) in [5, 5.41) is 6.12. The first-order valence-corrected chi connectivity index (χ1v) is 7.86. The number of anilines is 1. The summed E-state index contributed by atoms with van der Waals surface area (Å²) in [6.45, 7) is 1.06. The van der Waals surface area contributed by atoms with Crippen LogP contribution < -0.4 is 15.4 Å². The molecule has 0 spiro atoms. The second kappa shape index (κ2) is 8.44. The Labute approximate surface area is 139 Å². The van der Waals surface area contributed by atoms with Crippen LogP contribution in [0.5, 0.6) is 5.75 Å². The van der Waals surface area contributed by atoms with E-state index < -0.39 is 0 Å². The van der Waals surface area contributed by atoms with Crippen molar-refractivity contribution >= 4 is 27.5 Å². The topological polar surface area (TPSA) is 50.4 Å². The molecule has 0 atom stereocenters. The lowest BCUT2D eigenvalue weighted by atomic mass is 10.2. The van der Waals surface area contributed by atoms with Gasteiger partial charge in [0.25, 0.3) is 0 Å². The van der Waals surface area contributed by atoms with Gasteiger partial charge in [-0.25, -0.2) is 0 Å². The van der Waals surface area contributed by atoms with Crippen molar-refractivity contribution in [3.8, 4) is 5.75 Å². The van der Waals surface area contributed by atoms with Crippen molar-refractivity contribution in [2.24, 2.45) is 0 Å². The smallest absolute Gasteiger partial charge is 0.222 e. The summed E-state index contributed by atoms with van der Waals surface area (Å²) >= 11 is 3.42. The molecule has 0 aromatic heterocycles. The maximum absolute atomic E-state index is 11.9. The number of nitrogens with one attached hydrogen (secondary N) is 2. The van der Waals surface area contributed by atoms with Crippen LogP contribution in [0, 0.1) is 0 Å². The molecule has 2 N–H and O–H groups in total. The van der Waals surface area contributed by atoms with Crippen molar-refractivity contribution in [2.75, 3.05) is 19.0 Å². The van der Waals surface area contributed by atoms with Gasteiger partial charge in [-0.3, -0.25) is 4.79 Å². The molecule has 0 aliphatic rings. The highest BCUT2D eigenvalue weighted by atomic mass is 79.9. The summed E-state index contributed by atoms with van der Waals surface area (Å²) in [6, 6.07) is 15.5. The Balaban J connectivity index is 1.74. The van der Waals surface area contributed by atoms with E-state index in [0.29, 0.717) is 19.5 Å². The number of halogens is 1. The van der Waals surface area contributed by atoms with Crippen LogP contribution in [0.1, 0.15) is 12.0 Å². The maximum Gasteiger partial charge on any atom is 0.222 e. The van der Waals surface area contributed by atoms with Gasteiger partial charge in [0, 0.05) is 35.2 Å². The van der Waals surface area contributed by atoms with Gasteiger partial charge in [0.1, 0.15) is 5.75 Å². The molecule has 0 fully saturated rings. The first kappa shape index (κ1) is 16.4. The summed E-state index contributed by atoms with van der Waals surface area (Å²) in [7, 11) is 1.63. The molecule has 0 heterocycles. The van der Waals surface area contributed by atoms with Gasteiger partial charge in [-0.1, -0.05) is 40.2 Å². The molecular formula is C17H19BrN2O2. The highest BCUT2D eigenvalue weighted by Crippen LogP contribution is 2.17. The Morgan fingerprint density at radius 1 is 1.18 bits per heavy atom. The van der Waals surface area contributed by atoms with E-state index in [1.165, 1.54) is 0 Å². The van der Waals surface area contributed by atoms with Gasteiger partial charge in [-0.15, -0.1) is 0 Å². The number of carbonyl (C=O) groups excluding carboxylic acids is 1. The minimum atomic E-state index is 0.00778. The van der Waals surface area contributed by atoms with Crippen LogP contribution in [0.4, 0.5) is 5.69 Å². The molecule has 22 heavy (non-hydrogen) atoms. The lowest BCUT2D eigenvalue weighted by molar-refractivity contribution is -0.121. The van der Waals surface area contributed by atoms with Crippen LogP contribution in [0.15, 0.2) is 53.0 Å². The predicted octanol–water partition coefficient (Wildman–Crippen LogP) is 3.58. The zero-order valence-electron chi connectivity index (χ0n) is 12.4. The molecule has 0 bridgehead atoms. The number of rotatable bonds is 7. The van der Waals surface area contributed by atoms with E-state index in [0.717, 1.165) is 21.5 Å². The molecule has 0 saturated heterocycles. The van der Waals surface area contributed by atoms with Crippen LogP contribution in [-0.2, 0) is 11.3 Å². The summed E-state index contributed by atoms with van der Waals surface area (Å²) in [5.74, 6) is 0.795. The normalized spacial score (nSPS) is 10.1. The number of carbonyl (C=O) groups is 1. The predicted molar refractivity (Wildman–Crippen MR) is 92.1 cm³/mol. The fourth-order valence-electron chi connectivity index (χ4n) is 2.05. The van der Waals surface area contributed by atoms with E-state index in [9.17, 15) is 4.79 Å². The van der Waals surface area contributed by atoms with Crippen LogP contribution in [0.25, 0.3) is 0 Å². The summed E-state index contributed by atoms with van der Waals surface area (Å²) < 4.78 is 6.27. The summed E-state index contributed by atoms with van der Waals surface area (Å²) in [6.07, 6.45) is 0.418. The molecule has 4 nitrogen and oxygen atoms in total. The number of benzene rings is 2. The standard InChI is InChI=1S/C17H19BrN2O2/c1-22-16-8-3-2-5-13(16)12-20-17(21)9-10-19-15-7-4-6-14(18)11-15/h2-8,11,19H,9-10,12H2,1H3,(H,20,21). The Bertz CT molecular complexity index is 632. The lowest BCUT2D eigenvalue weighted by Crippen LogP contribution is -2.25. The van der Waals surface area contributed by atoms with Crippen molar-refractivity contribution in [3.63, 3.8) is 0 Å². The summed E-state index contributed by atoms with van der Waals surface area (Å²) in [4.78, 5) is 11.9. The van der Waals surface area contributed by atoms with Crippen molar-refractivity contribution in [1.82, 2.24) is 5.32 Å². The van der Waals surface area contributed by atoms with Crippen molar-refractivity contribution in [3.05, 3.63) is 58.6 Å².